The van der Waals surface area contributed by atoms with E-state index >= 15 is 0 Å². The van der Waals surface area contributed by atoms with Gasteiger partial charge in [-0.05, 0) is 31.2 Å². The van der Waals surface area contributed by atoms with Crippen molar-refractivity contribution in [3.05, 3.63) is 41.9 Å². The second-order valence-electron chi connectivity index (χ2n) is 4.61. The van der Waals surface area contributed by atoms with Crippen LogP contribution < -0.4 is 4.74 Å². The lowest BCUT2D eigenvalue weighted by atomic mass is 10.3. The van der Waals surface area contributed by atoms with E-state index in [1.807, 2.05) is 0 Å². The summed E-state index contributed by atoms with van der Waals surface area (Å²) in [5, 5.41) is 4.63. The highest BCUT2D eigenvalue weighted by atomic mass is 35.5. The Bertz CT molecular complexity index is 571. The molecule has 0 bridgehead atoms. The molecular weight excluding hydrogens is 292 g/mol. The molecule has 1 amide bonds. The fourth-order valence-corrected chi connectivity index (χ4v) is 1.92. The number of hydrogen-bond acceptors (Lipinski definition) is 4. The first-order valence-corrected chi connectivity index (χ1v) is 6.93. The third kappa shape index (κ3) is 4.19. The van der Waals surface area contributed by atoms with Crippen LogP contribution in [0.25, 0.3) is 0 Å². The smallest absolute Gasteiger partial charge is 0.247 e. The SMILES string of the molecule is C[C@@H](C(=O)N(C)CCOc1ccc(Cl)cc1)n1cncn1. The van der Waals surface area contributed by atoms with E-state index in [0.29, 0.717) is 18.2 Å². The van der Waals surface area contributed by atoms with Gasteiger partial charge in [0, 0.05) is 12.1 Å². The average Bonchev–Trinajstić information content (AvgIpc) is 3.02. The molecular formula is C14H17ClN4O2. The minimum absolute atomic E-state index is 0.0415. The molecule has 0 aliphatic heterocycles. The van der Waals surface area contributed by atoms with Crippen LogP contribution in [0.1, 0.15) is 13.0 Å². The van der Waals surface area contributed by atoms with Crippen molar-refractivity contribution >= 4 is 17.5 Å². The second-order valence-corrected chi connectivity index (χ2v) is 5.05. The lowest BCUT2D eigenvalue weighted by molar-refractivity contribution is -0.133. The van der Waals surface area contributed by atoms with Crippen LogP contribution in [0.5, 0.6) is 5.75 Å². The number of amides is 1. The van der Waals surface area contributed by atoms with Gasteiger partial charge in [-0.3, -0.25) is 4.79 Å². The first-order chi connectivity index (χ1) is 10.1. The van der Waals surface area contributed by atoms with Gasteiger partial charge in [-0.1, -0.05) is 11.6 Å². The molecule has 2 aromatic rings. The van der Waals surface area contributed by atoms with Crippen LogP contribution in [0.15, 0.2) is 36.9 Å². The average molecular weight is 309 g/mol. The van der Waals surface area contributed by atoms with Gasteiger partial charge in [0.2, 0.25) is 5.91 Å². The van der Waals surface area contributed by atoms with Crippen LogP contribution in [0.3, 0.4) is 0 Å². The Kier molecular flexibility index (Phi) is 5.16. The summed E-state index contributed by atoms with van der Waals surface area (Å²) in [6.07, 6.45) is 2.94. The fourth-order valence-electron chi connectivity index (χ4n) is 1.79. The molecule has 6 nitrogen and oxygen atoms in total. The van der Waals surface area contributed by atoms with E-state index in [1.54, 1.807) is 43.1 Å². The summed E-state index contributed by atoms with van der Waals surface area (Å²) in [5.74, 6) is 0.685. The molecule has 1 aromatic carbocycles. The third-order valence-corrected chi connectivity index (χ3v) is 3.33. The van der Waals surface area contributed by atoms with Crippen molar-refractivity contribution in [2.24, 2.45) is 0 Å². The molecule has 0 saturated carbocycles. The maximum absolute atomic E-state index is 12.2. The third-order valence-electron chi connectivity index (χ3n) is 3.08. The van der Waals surface area contributed by atoms with Gasteiger partial charge < -0.3 is 9.64 Å². The van der Waals surface area contributed by atoms with Gasteiger partial charge in [0.25, 0.3) is 0 Å². The summed E-state index contributed by atoms with van der Waals surface area (Å²) in [6.45, 7) is 2.68. The summed E-state index contributed by atoms with van der Waals surface area (Å²) < 4.78 is 7.09. The van der Waals surface area contributed by atoms with Crippen molar-refractivity contribution in [2.45, 2.75) is 13.0 Å². The Hall–Kier alpha value is -2.08. The van der Waals surface area contributed by atoms with E-state index in [0.717, 1.165) is 5.75 Å². The number of halogens is 1. The van der Waals surface area contributed by atoms with Gasteiger partial charge in [0.15, 0.2) is 0 Å². The van der Waals surface area contributed by atoms with Gasteiger partial charge >= 0.3 is 0 Å². The minimum atomic E-state index is -0.381. The maximum Gasteiger partial charge on any atom is 0.247 e. The van der Waals surface area contributed by atoms with Crippen LogP contribution in [0.2, 0.25) is 5.02 Å². The normalized spacial score (nSPS) is 12.0. The number of aromatic nitrogens is 3. The first-order valence-electron chi connectivity index (χ1n) is 6.55. The summed E-state index contributed by atoms with van der Waals surface area (Å²) in [6, 6.07) is 6.73. The highest BCUT2D eigenvalue weighted by molar-refractivity contribution is 6.30. The second kappa shape index (κ2) is 7.08. The highest BCUT2D eigenvalue weighted by Gasteiger charge is 2.19. The highest BCUT2D eigenvalue weighted by Crippen LogP contribution is 2.15. The molecule has 0 N–H and O–H groups in total. The molecule has 2 rings (SSSR count). The predicted molar refractivity (Wildman–Crippen MR) is 79.3 cm³/mol. The predicted octanol–water partition coefficient (Wildman–Crippen LogP) is 2.03. The molecule has 0 radical (unpaired) electrons. The number of carbonyl (C=O) groups is 1. The lowest BCUT2D eigenvalue weighted by Crippen LogP contribution is -2.36. The van der Waals surface area contributed by atoms with Crippen LogP contribution in [-0.2, 0) is 4.79 Å². The fraction of sp³-hybridized carbons (Fsp3) is 0.357. The Morgan fingerprint density at radius 1 is 1.43 bits per heavy atom. The Morgan fingerprint density at radius 2 is 2.14 bits per heavy atom. The molecule has 0 saturated heterocycles. The van der Waals surface area contributed by atoms with Crippen molar-refractivity contribution < 1.29 is 9.53 Å². The minimum Gasteiger partial charge on any atom is -0.492 e. The number of benzene rings is 1. The maximum atomic E-state index is 12.2. The zero-order chi connectivity index (χ0) is 15.2. The standard InChI is InChI=1S/C14H17ClN4O2/c1-11(19-10-16-9-17-19)14(20)18(2)7-8-21-13-5-3-12(15)4-6-13/h3-6,9-11H,7-8H2,1-2H3/t11-/m0/s1. The number of carbonyl (C=O) groups excluding carboxylic acids is 1. The largest absolute Gasteiger partial charge is 0.492 e. The summed E-state index contributed by atoms with van der Waals surface area (Å²) in [5.41, 5.74) is 0. The lowest BCUT2D eigenvalue weighted by Gasteiger charge is -2.21. The van der Waals surface area contributed by atoms with Crippen LogP contribution in [0, 0.1) is 0 Å². The van der Waals surface area contributed by atoms with E-state index < -0.39 is 0 Å². The summed E-state index contributed by atoms with van der Waals surface area (Å²) >= 11 is 5.80. The summed E-state index contributed by atoms with van der Waals surface area (Å²) in [7, 11) is 1.74. The van der Waals surface area contributed by atoms with Crippen molar-refractivity contribution in [1.82, 2.24) is 19.7 Å². The van der Waals surface area contributed by atoms with E-state index in [4.69, 9.17) is 16.3 Å². The molecule has 21 heavy (non-hydrogen) atoms. The monoisotopic (exact) mass is 308 g/mol. The van der Waals surface area contributed by atoms with Gasteiger partial charge in [0.05, 0.1) is 6.54 Å². The number of hydrogen-bond donors (Lipinski definition) is 0. The van der Waals surface area contributed by atoms with Gasteiger partial charge in [-0.2, -0.15) is 5.10 Å². The molecule has 0 aliphatic rings. The van der Waals surface area contributed by atoms with Crippen molar-refractivity contribution in [3.63, 3.8) is 0 Å². The molecule has 0 unspecified atom stereocenters. The van der Waals surface area contributed by atoms with Crippen molar-refractivity contribution in [2.75, 3.05) is 20.2 Å². The molecule has 0 aliphatic carbocycles. The number of likely N-dealkylation sites (N-methyl/N-ethyl adjacent to an activating group) is 1. The molecule has 7 heteroatoms. The Labute approximate surface area is 128 Å². The van der Waals surface area contributed by atoms with E-state index in [2.05, 4.69) is 10.1 Å². The van der Waals surface area contributed by atoms with Gasteiger partial charge in [0.1, 0.15) is 31.1 Å². The quantitative estimate of drug-likeness (QED) is 0.819. The van der Waals surface area contributed by atoms with Crippen LogP contribution in [0.4, 0.5) is 0 Å². The molecule has 0 fully saturated rings. The van der Waals surface area contributed by atoms with Crippen molar-refractivity contribution in [3.8, 4) is 5.75 Å². The molecule has 0 spiro atoms. The number of nitrogens with zero attached hydrogens (tertiary/aromatic N) is 4. The summed E-state index contributed by atoms with van der Waals surface area (Å²) in [4.78, 5) is 17.6. The molecule has 1 heterocycles. The van der Waals surface area contributed by atoms with Crippen molar-refractivity contribution in [1.29, 1.82) is 0 Å². The topological polar surface area (TPSA) is 60.2 Å². The first kappa shape index (κ1) is 15.3. The van der Waals surface area contributed by atoms with Gasteiger partial charge in [-0.25, -0.2) is 9.67 Å². The van der Waals surface area contributed by atoms with E-state index in [1.165, 1.54) is 17.3 Å². The Morgan fingerprint density at radius 3 is 2.76 bits per heavy atom. The molecule has 1 aromatic heterocycles. The van der Waals surface area contributed by atoms with Crippen LogP contribution >= 0.6 is 11.6 Å². The Balaban J connectivity index is 1.80. The zero-order valence-electron chi connectivity index (χ0n) is 11.9. The molecule has 1 atom stereocenters. The molecule has 112 valence electrons. The van der Waals surface area contributed by atoms with Crippen LogP contribution in [-0.4, -0.2) is 45.8 Å². The number of ether oxygens (including phenoxy) is 1. The van der Waals surface area contributed by atoms with E-state index in [-0.39, 0.29) is 11.9 Å². The van der Waals surface area contributed by atoms with E-state index in [9.17, 15) is 4.79 Å². The number of rotatable bonds is 6. The zero-order valence-corrected chi connectivity index (χ0v) is 12.7. The van der Waals surface area contributed by atoms with Gasteiger partial charge in [-0.15, -0.1) is 0 Å².